The van der Waals surface area contributed by atoms with E-state index >= 15 is 0 Å². The van der Waals surface area contributed by atoms with Crippen LogP contribution in [0.1, 0.15) is 22.5 Å². The maximum atomic E-state index is 12.1. The van der Waals surface area contributed by atoms with Crippen LogP contribution in [-0.2, 0) is 6.54 Å². The van der Waals surface area contributed by atoms with Crippen molar-refractivity contribution in [2.24, 2.45) is 0 Å². The van der Waals surface area contributed by atoms with Gasteiger partial charge in [-0.15, -0.1) is 0 Å². The van der Waals surface area contributed by atoms with Crippen LogP contribution >= 0.6 is 11.5 Å². The highest BCUT2D eigenvalue weighted by Crippen LogP contribution is 2.23. The van der Waals surface area contributed by atoms with Crippen LogP contribution in [0.5, 0.6) is 0 Å². The molecule has 0 unspecified atom stereocenters. The molecule has 6 nitrogen and oxygen atoms in total. The van der Waals surface area contributed by atoms with E-state index < -0.39 is 0 Å². The summed E-state index contributed by atoms with van der Waals surface area (Å²) < 4.78 is 6.03. The van der Waals surface area contributed by atoms with Gasteiger partial charge in [-0.1, -0.05) is 0 Å². The molecule has 0 atom stereocenters. The minimum Gasteiger partial charge on any atom is -0.378 e. The first kappa shape index (κ1) is 13.5. The highest BCUT2D eigenvalue weighted by molar-refractivity contribution is 7.10. The van der Waals surface area contributed by atoms with Crippen molar-refractivity contribution in [3.63, 3.8) is 0 Å². The van der Waals surface area contributed by atoms with Crippen LogP contribution in [0.15, 0.2) is 18.5 Å². The van der Waals surface area contributed by atoms with Gasteiger partial charge < -0.3 is 10.6 Å². The smallest absolute Gasteiger partial charge is 0.256 e. The third kappa shape index (κ3) is 3.31. The summed E-state index contributed by atoms with van der Waals surface area (Å²) in [6, 6.07) is 1.89. The van der Waals surface area contributed by atoms with Crippen LogP contribution in [0.3, 0.4) is 0 Å². The Kier molecular flexibility index (Phi) is 4.51. The number of amides is 1. The summed E-state index contributed by atoms with van der Waals surface area (Å²) in [4.78, 5) is 12.1. The van der Waals surface area contributed by atoms with Gasteiger partial charge >= 0.3 is 0 Å². The summed E-state index contributed by atoms with van der Waals surface area (Å²) in [6.45, 7) is 3.26. The number of hydrogen-bond donors (Lipinski definition) is 2. The Hall–Kier alpha value is -1.89. The maximum Gasteiger partial charge on any atom is 0.256 e. The van der Waals surface area contributed by atoms with E-state index in [1.54, 1.807) is 13.2 Å². The van der Waals surface area contributed by atoms with Crippen molar-refractivity contribution >= 4 is 22.4 Å². The van der Waals surface area contributed by atoms with E-state index in [0.717, 1.165) is 23.7 Å². The lowest BCUT2D eigenvalue weighted by Crippen LogP contribution is -2.26. The Labute approximate surface area is 116 Å². The third-order valence-corrected chi connectivity index (χ3v) is 3.68. The molecule has 19 heavy (non-hydrogen) atoms. The minimum absolute atomic E-state index is 0.0731. The number of aryl methyl sites for hydroxylation is 2. The number of carbonyl (C=O) groups excluding carboxylic acids is 1. The highest BCUT2D eigenvalue weighted by Gasteiger charge is 2.16. The van der Waals surface area contributed by atoms with Crippen molar-refractivity contribution < 1.29 is 4.79 Å². The standard InChI is InChI=1S/C12H17N5OS/c1-9-10(12(13-2)19-16-9)11(18)14-5-3-7-17-8-4-6-15-17/h4,6,8,13H,3,5,7H2,1-2H3,(H,14,18). The topological polar surface area (TPSA) is 71.8 Å². The second kappa shape index (κ2) is 6.33. The molecular weight excluding hydrogens is 262 g/mol. The largest absolute Gasteiger partial charge is 0.378 e. The Morgan fingerprint density at radius 2 is 2.37 bits per heavy atom. The van der Waals surface area contributed by atoms with Crippen LogP contribution in [0, 0.1) is 6.92 Å². The molecule has 2 rings (SSSR count). The van der Waals surface area contributed by atoms with E-state index in [1.165, 1.54) is 11.5 Å². The van der Waals surface area contributed by atoms with Gasteiger partial charge in [-0.3, -0.25) is 9.48 Å². The van der Waals surface area contributed by atoms with Gasteiger partial charge in [0.15, 0.2) is 0 Å². The SMILES string of the molecule is CNc1snc(C)c1C(=O)NCCCn1cccn1. The van der Waals surface area contributed by atoms with Crippen molar-refractivity contribution in [2.75, 3.05) is 18.9 Å². The zero-order valence-corrected chi connectivity index (χ0v) is 11.8. The monoisotopic (exact) mass is 279 g/mol. The van der Waals surface area contributed by atoms with Crippen molar-refractivity contribution in [1.82, 2.24) is 19.5 Å². The second-order valence-electron chi connectivity index (χ2n) is 4.10. The van der Waals surface area contributed by atoms with Gasteiger partial charge in [0.2, 0.25) is 0 Å². The van der Waals surface area contributed by atoms with Gasteiger partial charge in [-0.2, -0.15) is 9.47 Å². The van der Waals surface area contributed by atoms with Crippen LogP contribution in [-0.4, -0.2) is 33.7 Å². The van der Waals surface area contributed by atoms with Gasteiger partial charge in [-0.05, 0) is 30.9 Å². The van der Waals surface area contributed by atoms with Crippen molar-refractivity contribution in [3.05, 3.63) is 29.7 Å². The lowest BCUT2D eigenvalue weighted by Gasteiger charge is -2.06. The molecule has 0 saturated heterocycles. The molecule has 2 aromatic rings. The summed E-state index contributed by atoms with van der Waals surface area (Å²) in [6.07, 6.45) is 4.50. The summed E-state index contributed by atoms with van der Waals surface area (Å²) in [7, 11) is 1.79. The average Bonchev–Trinajstić information content (AvgIpc) is 3.03. The average molecular weight is 279 g/mol. The lowest BCUT2D eigenvalue weighted by atomic mass is 10.2. The summed E-state index contributed by atoms with van der Waals surface area (Å²) in [5.74, 6) is -0.0731. The predicted octanol–water partition coefficient (Wildman–Crippen LogP) is 1.51. The van der Waals surface area contributed by atoms with E-state index in [1.807, 2.05) is 23.9 Å². The first-order chi connectivity index (χ1) is 9.22. The predicted molar refractivity (Wildman–Crippen MR) is 75.6 cm³/mol. The number of anilines is 1. The van der Waals surface area contributed by atoms with Gasteiger partial charge in [0.1, 0.15) is 5.00 Å². The number of hydrogen-bond acceptors (Lipinski definition) is 5. The zero-order valence-electron chi connectivity index (χ0n) is 11.0. The molecule has 2 heterocycles. The van der Waals surface area contributed by atoms with Crippen molar-refractivity contribution in [3.8, 4) is 0 Å². The lowest BCUT2D eigenvalue weighted by molar-refractivity contribution is 0.0953. The molecule has 2 N–H and O–H groups in total. The first-order valence-electron chi connectivity index (χ1n) is 6.12. The summed E-state index contributed by atoms with van der Waals surface area (Å²) in [5.41, 5.74) is 1.41. The normalized spacial score (nSPS) is 10.4. The first-order valence-corrected chi connectivity index (χ1v) is 6.89. The minimum atomic E-state index is -0.0731. The molecule has 1 amide bonds. The molecule has 0 saturated carbocycles. The third-order valence-electron chi connectivity index (χ3n) is 2.73. The van der Waals surface area contributed by atoms with Crippen molar-refractivity contribution in [2.45, 2.75) is 19.9 Å². The van der Waals surface area contributed by atoms with Gasteiger partial charge in [-0.25, -0.2) is 0 Å². The van der Waals surface area contributed by atoms with Crippen LogP contribution in [0.2, 0.25) is 0 Å². The quantitative estimate of drug-likeness (QED) is 0.786. The van der Waals surface area contributed by atoms with Gasteiger partial charge in [0, 0.05) is 32.5 Å². The van der Waals surface area contributed by atoms with E-state index in [0.29, 0.717) is 12.1 Å². The number of rotatable bonds is 6. The molecule has 102 valence electrons. The van der Waals surface area contributed by atoms with E-state index in [-0.39, 0.29) is 5.91 Å². The molecular formula is C12H17N5OS. The van der Waals surface area contributed by atoms with Crippen LogP contribution in [0.4, 0.5) is 5.00 Å². The Morgan fingerprint density at radius 3 is 3.05 bits per heavy atom. The fraction of sp³-hybridized carbons (Fsp3) is 0.417. The molecule has 0 aliphatic carbocycles. The number of carbonyl (C=O) groups is 1. The molecule has 0 bridgehead atoms. The van der Waals surface area contributed by atoms with Crippen molar-refractivity contribution in [1.29, 1.82) is 0 Å². The van der Waals surface area contributed by atoms with Gasteiger partial charge in [0.05, 0.1) is 11.3 Å². The van der Waals surface area contributed by atoms with E-state index in [9.17, 15) is 4.79 Å². The molecule has 0 fully saturated rings. The second-order valence-corrected chi connectivity index (χ2v) is 4.87. The Morgan fingerprint density at radius 1 is 1.53 bits per heavy atom. The summed E-state index contributed by atoms with van der Waals surface area (Å²) >= 11 is 1.31. The number of aromatic nitrogens is 3. The molecule has 0 aliphatic heterocycles. The molecule has 0 aromatic carbocycles. The maximum absolute atomic E-state index is 12.1. The van der Waals surface area contributed by atoms with E-state index in [2.05, 4.69) is 20.1 Å². The number of nitrogens with one attached hydrogen (secondary N) is 2. The molecule has 2 aromatic heterocycles. The Bertz CT molecular complexity index is 534. The fourth-order valence-corrected chi connectivity index (χ4v) is 2.51. The van der Waals surface area contributed by atoms with E-state index in [4.69, 9.17) is 0 Å². The molecule has 7 heteroatoms. The van der Waals surface area contributed by atoms with Gasteiger partial charge in [0.25, 0.3) is 5.91 Å². The molecule has 0 spiro atoms. The zero-order chi connectivity index (χ0) is 13.7. The molecule has 0 radical (unpaired) electrons. The highest BCUT2D eigenvalue weighted by atomic mass is 32.1. The molecule has 0 aliphatic rings. The van der Waals surface area contributed by atoms with Crippen LogP contribution in [0.25, 0.3) is 0 Å². The number of nitrogens with zero attached hydrogens (tertiary/aromatic N) is 3. The Balaban J connectivity index is 1.82. The van der Waals surface area contributed by atoms with Crippen LogP contribution < -0.4 is 10.6 Å². The summed E-state index contributed by atoms with van der Waals surface area (Å²) in [5, 5.41) is 10.8. The fourth-order valence-electron chi connectivity index (χ4n) is 1.77.